The SMILES string of the molecule is CCCN1C(=O)CCC(CC)(c2ccncc2)C1=O. The fourth-order valence-corrected chi connectivity index (χ4v) is 2.85. The van der Waals surface area contributed by atoms with Crippen LogP contribution in [0.5, 0.6) is 0 Å². The van der Waals surface area contributed by atoms with Crippen molar-refractivity contribution in [1.29, 1.82) is 0 Å². The van der Waals surface area contributed by atoms with Crippen LogP contribution in [-0.4, -0.2) is 28.2 Å². The number of piperidine rings is 1. The molecule has 0 aromatic carbocycles. The number of nitrogens with zero attached hydrogens (tertiary/aromatic N) is 2. The number of pyridine rings is 1. The van der Waals surface area contributed by atoms with E-state index in [0.717, 1.165) is 12.0 Å². The van der Waals surface area contributed by atoms with Crippen LogP contribution in [-0.2, 0) is 15.0 Å². The summed E-state index contributed by atoms with van der Waals surface area (Å²) in [5.41, 5.74) is 0.426. The molecule has 0 saturated carbocycles. The summed E-state index contributed by atoms with van der Waals surface area (Å²) in [5.74, 6) is -0.0794. The lowest BCUT2D eigenvalue weighted by Gasteiger charge is -2.40. The molecule has 2 amide bonds. The topological polar surface area (TPSA) is 50.3 Å². The van der Waals surface area contributed by atoms with Gasteiger partial charge in [-0.15, -0.1) is 0 Å². The summed E-state index contributed by atoms with van der Waals surface area (Å²) in [4.78, 5) is 30.1. The van der Waals surface area contributed by atoms with Crippen LogP contribution in [0, 0.1) is 0 Å². The molecular weight excluding hydrogens is 240 g/mol. The average Bonchev–Trinajstić information content (AvgIpc) is 2.45. The third kappa shape index (κ3) is 2.27. The highest BCUT2D eigenvalue weighted by Gasteiger charge is 2.46. The summed E-state index contributed by atoms with van der Waals surface area (Å²) < 4.78 is 0. The van der Waals surface area contributed by atoms with Gasteiger partial charge in [-0.3, -0.25) is 19.5 Å². The Bertz CT molecular complexity index is 472. The van der Waals surface area contributed by atoms with E-state index in [2.05, 4.69) is 4.98 Å². The number of carbonyl (C=O) groups excluding carboxylic acids is 2. The Morgan fingerprint density at radius 3 is 2.53 bits per heavy atom. The van der Waals surface area contributed by atoms with Gasteiger partial charge in [0.25, 0.3) is 0 Å². The summed E-state index contributed by atoms with van der Waals surface area (Å²) in [5, 5.41) is 0. The van der Waals surface area contributed by atoms with Gasteiger partial charge in [-0.25, -0.2) is 0 Å². The smallest absolute Gasteiger partial charge is 0.239 e. The third-order valence-electron chi connectivity index (χ3n) is 4.00. The number of imide groups is 1. The van der Waals surface area contributed by atoms with Crippen LogP contribution in [0.25, 0.3) is 0 Å². The number of aromatic nitrogens is 1. The molecule has 1 saturated heterocycles. The van der Waals surface area contributed by atoms with Crippen molar-refractivity contribution in [3.63, 3.8) is 0 Å². The van der Waals surface area contributed by atoms with E-state index in [0.29, 0.717) is 25.8 Å². The summed E-state index contributed by atoms with van der Waals surface area (Å²) in [6.45, 7) is 4.51. The van der Waals surface area contributed by atoms with Crippen LogP contribution < -0.4 is 0 Å². The van der Waals surface area contributed by atoms with Crippen molar-refractivity contribution in [1.82, 2.24) is 9.88 Å². The first kappa shape index (κ1) is 13.7. The standard InChI is InChI=1S/C15H20N2O2/c1-3-11-17-13(18)5-8-15(4-2,14(17)19)12-6-9-16-10-7-12/h6-7,9-10H,3-5,8,11H2,1-2H3. The molecule has 0 spiro atoms. The Morgan fingerprint density at radius 1 is 1.26 bits per heavy atom. The molecule has 102 valence electrons. The Labute approximate surface area is 113 Å². The summed E-state index contributed by atoms with van der Waals surface area (Å²) in [6.07, 6.45) is 5.98. The molecule has 1 fully saturated rings. The lowest BCUT2D eigenvalue weighted by molar-refractivity contribution is -0.153. The fourth-order valence-electron chi connectivity index (χ4n) is 2.85. The molecule has 4 nitrogen and oxygen atoms in total. The average molecular weight is 260 g/mol. The highest BCUT2D eigenvalue weighted by atomic mass is 16.2. The van der Waals surface area contributed by atoms with E-state index in [9.17, 15) is 9.59 Å². The number of hydrogen-bond donors (Lipinski definition) is 0. The van der Waals surface area contributed by atoms with E-state index in [4.69, 9.17) is 0 Å². The number of likely N-dealkylation sites (tertiary alicyclic amines) is 1. The zero-order valence-electron chi connectivity index (χ0n) is 11.6. The van der Waals surface area contributed by atoms with Gasteiger partial charge in [0.2, 0.25) is 11.8 Å². The van der Waals surface area contributed by atoms with E-state index in [1.807, 2.05) is 26.0 Å². The van der Waals surface area contributed by atoms with Gasteiger partial charge in [0, 0.05) is 25.4 Å². The second kappa shape index (κ2) is 5.51. The summed E-state index contributed by atoms with van der Waals surface area (Å²) in [6, 6.07) is 3.78. The molecule has 1 aliphatic rings. The van der Waals surface area contributed by atoms with Gasteiger partial charge in [-0.2, -0.15) is 0 Å². The van der Waals surface area contributed by atoms with Crippen molar-refractivity contribution >= 4 is 11.8 Å². The predicted octanol–water partition coefficient (Wildman–Crippen LogP) is 2.29. The van der Waals surface area contributed by atoms with Crippen LogP contribution >= 0.6 is 0 Å². The molecule has 0 aliphatic carbocycles. The highest BCUT2D eigenvalue weighted by molar-refractivity contribution is 6.03. The molecule has 0 bridgehead atoms. The molecule has 1 aliphatic heterocycles. The molecule has 19 heavy (non-hydrogen) atoms. The van der Waals surface area contributed by atoms with Crippen molar-refractivity contribution in [2.45, 2.75) is 44.9 Å². The Hall–Kier alpha value is -1.71. The monoisotopic (exact) mass is 260 g/mol. The molecule has 1 aromatic rings. The van der Waals surface area contributed by atoms with E-state index in [1.54, 1.807) is 12.4 Å². The van der Waals surface area contributed by atoms with Gasteiger partial charge in [-0.1, -0.05) is 13.8 Å². The van der Waals surface area contributed by atoms with Gasteiger partial charge in [0.1, 0.15) is 0 Å². The first-order chi connectivity index (χ1) is 9.15. The summed E-state index contributed by atoms with van der Waals surface area (Å²) >= 11 is 0. The largest absolute Gasteiger partial charge is 0.282 e. The molecule has 0 radical (unpaired) electrons. The minimum absolute atomic E-state index is 0.0371. The van der Waals surface area contributed by atoms with E-state index in [1.165, 1.54) is 4.90 Å². The van der Waals surface area contributed by atoms with Gasteiger partial charge >= 0.3 is 0 Å². The Balaban J connectivity index is 2.40. The lowest BCUT2D eigenvalue weighted by atomic mass is 9.71. The minimum atomic E-state index is -0.550. The fraction of sp³-hybridized carbons (Fsp3) is 0.533. The molecule has 1 aromatic heterocycles. The number of hydrogen-bond acceptors (Lipinski definition) is 3. The van der Waals surface area contributed by atoms with Gasteiger partial charge in [0.05, 0.1) is 5.41 Å². The van der Waals surface area contributed by atoms with Crippen LogP contribution in [0.3, 0.4) is 0 Å². The van der Waals surface area contributed by atoms with E-state index >= 15 is 0 Å². The van der Waals surface area contributed by atoms with Crippen molar-refractivity contribution in [3.05, 3.63) is 30.1 Å². The van der Waals surface area contributed by atoms with Crippen LogP contribution in [0.1, 0.15) is 45.1 Å². The lowest BCUT2D eigenvalue weighted by Crippen LogP contribution is -2.53. The maximum absolute atomic E-state index is 12.8. The number of amides is 2. The maximum Gasteiger partial charge on any atom is 0.239 e. The van der Waals surface area contributed by atoms with E-state index < -0.39 is 5.41 Å². The zero-order valence-corrected chi connectivity index (χ0v) is 11.6. The van der Waals surface area contributed by atoms with Crippen molar-refractivity contribution < 1.29 is 9.59 Å². The number of carbonyl (C=O) groups is 2. The molecule has 1 unspecified atom stereocenters. The first-order valence-electron chi connectivity index (χ1n) is 6.91. The Morgan fingerprint density at radius 2 is 1.95 bits per heavy atom. The Kier molecular flexibility index (Phi) is 3.98. The van der Waals surface area contributed by atoms with Crippen LogP contribution in [0.4, 0.5) is 0 Å². The second-order valence-electron chi connectivity index (χ2n) is 5.02. The van der Waals surface area contributed by atoms with Crippen molar-refractivity contribution in [2.75, 3.05) is 6.54 Å². The van der Waals surface area contributed by atoms with Crippen LogP contribution in [0.15, 0.2) is 24.5 Å². The molecule has 2 heterocycles. The highest BCUT2D eigenvalue weighted by Crippen LogP contribution is 2.38. The maximum atomic E-state index is 12.8. The quantitative estimate of drug-likeness (QED) is 0.780. The van der Waals surface area contributed by atoms with Crippen molar-refractivity contribution in [3.8, 4) is 0 Å². The van der Waals surface area contributed by atoms with Crippen LogP contribution in [0.2, 0.25) is 0 Å². The normalized spacial score (nSPS) is 23.8. The number of rotatable bonds is 4. The molecule has 0 N–H and O–H groups in total. The van der Waals surface area contributed by atoms with Gasteiger partial charge < -0.3 is 0 Å². The van der Waals surface area contributed by atoms with Gasteiger partial charge in [-0.05, 0) is 37.0 Å². The van der Waals surface area contributed by atoms with E-state index in [-0.39, 0.29) is 11.8 Å². The minimum Gasteiger partial charge on any atom is -0.282 e. The molecule has 1 atom stereocenters. The molecular formula is C15H20N2O2. The predicted molar refractivity (Wildman–Crippen MR) is 72.5 cm³/mol. The third-order valence-corrected chi connectivity index (χ3v) is 4.00. The van der Waals surface area contributed by atoms with Gasteiger partial charge in [0.15, 0.2) is 0 Å². The summed E-state index contributed by atoms with van der Waals surface area (Å²) in [7, 11) is 0. The first-order valence-corrected chi connectivity index (χ1v) is 6.91. The molecule has 2 rings (SSSR count). The molecule has 4 heteroatoms. The zero-order chi connectivity index (χ0) is 13.9. The second-order valence-corrected chi connectivity index (χ2v) is 5.02. The van der Waals surface area contributed by atoms with Crippen molar-refractivity contribution in [2.24, 2.45) is 0 Å².